The van der Waals surface area contributed by atoms with Crippen molar-refractivity contribution in [3.63, 3.8) is 0 Å². The largest absolute Gasteiger partial charge is 0.489 e. The predicted octanol–water partition coefficient (Wildman–Crippen LogP) is 4.68. The molecule has 2 atom stereocenters. The lowest BCUT2D eigenvalue weighted by Crippen LogP contribution is -2.39. The van der Waals surface area contributed by atoms with Gasteiger partial charge in [0.05, 0.1) is 0 Å². The summed E-state index contributed by atoms with van der Waals surface area (Å²) in [7, 11) is 0. The van der Waals surface area contributed by atoms with Gasteiger partial charge < -0.3 is 10.5 Å². The van der Waals surface area contributed by atoms with E-state index in [1.807, 2.05) is 30.3 Å². The fourth-order valence-corrected chi connectivity index (χ4v) is 3.01. The van der Waals surface area contributed by atoms with Crippen LogP contribution in [0.1, 0.15) is 64.2 Å². The van der Waals surface area contributed by atoms with Gasteiger partial charge in [0.2, 0.25) is 0 Å². The SMILES string of the molecule is NC1CCCCCCCCCCC1Oc1ccccc1. The van der Waals surface area contributed by atoms with Gasteiger partial charge in [-0.05, 0) is 31.4 Å². The van der Waals surface area contributed by atoms with Crippen LogP contribution >= 0.6 is 0 Å². The summed E-state index contributed by atoms with van der Waals surface area (Å²) in [5, 5.41) is 0. The summed E-state index contributed by atoms with van der Waals surface area (Å²) in [6.45, 7) is 0. The summed E-state index contributed by atoms with van der Waals surface area (Å²) in [5.74, 6) is 0.958. The molecule has 1 aliphatic carbocycles. The number of para-hydroxylation sites is 1. The second kappa shape index (κ2) is 9.02. The first-order valence-corrected chi connectivity index (χ1v) is 8.33. The van der Waals surface area contributed by atoms with E-state index in [1.165, 1.54) is 51.4 Å². The van der Waals surface area contributed by atoms with Crippen LogP contribution in [0.25, 0.3) is 0 Å². The van der Waals surface area contributed by atoms with Crippen molar-refractivity contribution in [3.05, 3.63) is 30.3 Å². The Morgan fingerprint density at radius 3 is 1.95 bits per heavy atom. The highest BCUT2D eigenvalue weighted by molar-refractivity contribution is 5.21. The average molecular weight is 275 g/mol. The molecular weight excluding hydrogens is 246 g/mol. The van der Waals surface area contributed by atoms with Gasteiger partial charge in [-0.1, -0.05) is 63.1 Å². The van der Waals surface area contributed by atoms with E-state index >= 15 is 0 Å². The van der Waals surface area contributed by atoms with Crippen molar-refractivity contribution in [1.29, 1.82) is 0 Å². The Morgan fingerprint density at radius 1 is 0.750 bits per heavy atom. The first kappa shape index (κ1) is 15.4. The summed E-state index contributed by atoms with van der Waals surface area (Å²) in [6, 6.07) is 10.3. The molecule has 1 aliphatic rings. The van der Waals surface area contributed by atoms with E-state index in [4.69, 9.17) is 10.5 Å². The van der Waals surface area contributed by atoms with E-state index in [0.29, 0.717) is 0 Å². The minimum atomic E-state index is 0.176. The van der Waals surface area contributed by atoms with E-state index in [1.54, 1.807) is 0 Å². The molecule has 0 heterocycles. The molecule has 112 valence electrons. The van der Waals surface area contributed by atoms with Crippen LogP contribution in [0.2, 0.25) is 0 Å². The molecule has 0 amide bonds. The maximum Gasteiger partial charge on any atom is 0.119 e. The highest BCUT2D eigenvalue weighted by Crippen LogP contribution is 2.21. The van der Waals surface area contributed by atoms with Crippen molar-refractivity contribution < 1.29 is 4.74 Å². The number of nitrogens with two attached hydrogens (primary N) is 1. The van der Waals surface area contributed by atoms with Crippen molar-refractivity contribution in [2.24, 2.45) is 5.73 Å². The molecule has 2 heteroatoms. The summed E-state index contributed by atoms with van der Waals surface area (Å²) >= 11 is 0. The van der Waals surface area contributed by atoms with Crippen molar-refractivity contribution in [2.45, 2.75) is 76.4 Å². The molecule has 2 rings (SSSR count). The topological polar surface area (TPSA) is 35.2 Å². The van der Waals surface area contributed by atoms with Crippen LogP contribution in [-0.2, 0) is 0 Å². The normalized spacial score (nSPS) is 26.2. The average Bonchev–Trinajstić information content (AvgIpc) is 2.47. The third kappa shape index (κ3) is 5.54. The number of rotatable bonds is 2. The van der Waals surface area contributed by atoms with Gasteiger partial charge in [0.15, 0.2) is 0 Å². The molecule has 1 aromatic rings. The standard InChI is InChI=1S/C18H29NO/c19-17-14-10-5-3-1-2-4-6-11-15-18(17)20-16-12-8-7-9-13-16/h7-9,12-13,17-18H,1-6,10-11,14-15,19H2. The third-order valence-electron chi connectivity index (χ3n) is 4.28. The van der Waals surface area contributed by atoms with Gasteiger partial charge in [-0.25, -0.2) is 0 Å². The highest BCUT2D eigenvalue weighted by Gasteiger charge is 2.19. The lowest BCUT2D eigenvalue weighted by atomic mass is 9.96. The van der Waals surface area contributed by atoms with Crippen LogP contribution in [0.15, 0.2) is 30.3 Å². The van der Waals surface area contributed by atoms with Gasteiger partial charge in [-0.2, -0.15) is 0 Å². The van der Waals surface area contributed by atoms with Crippen LogP contribution in [0, 0.1) is 0 Å². The molecule has 1 saturated carbocycles. The molecule has 0 radical (unpaired) electrons. The van der Waals surface area contributed by atoms with E-state index in [-0.39, 0.29) is 12.1 Å². The first-order chi connectivity index (χ1) is 9.86. The highest BCUT2D eigenvalue weighted by atomic mass is 16.5. The first-order valence-electron chi connectivity index (χ1n) is 8.33. The van der Waals surface area contributed by atoms with Crippen molar-refractivity contribution >= 4 is 0 Å². The van der Waals surface area contributed by atoms with Gasteiger partial charge >= 0.3 is 0 Å². The monoisotopic (exact) mass is 275 g/mol. The lowest BCUT2D eigenvalue weighted by Gasteiger charge is -2.25. The maximum absolute atomic E-state index is 6.38. The number of benzene rings is 1. The van der Waals surface area contributed by atoms with Crippen molar-refractivity contribution in [1.82, 2.24) is 0 Å². The zero-order valence-corrected chi connectivity index (χ0v) is 12.6. The van der Waals surface area contributed by atoms with E-state index < -0.39 is 0 Å². The Labute approximate surface area is 123 Å². The van der Waals surface area contributed by atoms with Crippen LogP contribution in [-0.4, -0.2) is 12.1 Å². The van der Waals surface area contributed by atoms with Crippen LogP contribution in [0.5, 0.6) is 5.75 Å². The van der Waals surface area contributed by atoms with Crippen molar-refractivity contribution in [2.75, 3.05) is 0 Å². The summed E-state index contributed by atoms with van der Waals surface area (Å²) in [6.07, 6.45) is 13.0. The fraction of sp³-hybridized carbons (Fsp3) is 0.667. The molecule has 0 aromatic heterocycles. The van der Waals surface area contributed by atoms with Gasteiger partial charge in [0.1, 0.15) is 11.9 Å². The number of hydrogen-bond donors (Lipinski definition) is 1. The second-order valence-electron chi connectivity index (χ2n) is 6.04. The molecule has 1 aromatic carbocycles. The molecule has 0 saturated heterocycles. The van der Waals surface area contributed by atoms with Gasteiger partial charge in [0.25, 0.3) is 0 Å². The molecule has 20 heavy (non-hydrogen) atoms. The Balaban J connectivity index is 1.90. The lowest BCUT2D eigenvalue weighted by molar-refractivity contribution is 0.150. The Kier molecular flexibility index (Phi) is 6.93. The Hall–Kier alpha value is -1.02. The van der Waals surface area contributed by atoms with Crippen LogP contribution < -0.4 is 10.5 Å². The molecule has 2 unspecified atom stereocenters. The fourth-order valence-electron chi connectivity index (χ4n) is 3.01. The van der Waals surface area contributed by atoms with Crippen LogP contribution in [0.3, 0.4) is 0 Å². The molecule has 0 bridgehead atoms. The summed E-state index contributed by atoms with van der Waals surface area (Å²) < 4.78 is 6.15. The van der Waals surface area contributed by atoms with Gasteiger partial charge in [-0.15, -0.1) is 0 Å². The Bertz CT molecular complexity index is 352. The third-order valence-corrected chi connectivity index (χ3v) is 4.28. The van der Waals surface area contributed by atoms with Gasteiger partial charge in [-0.3, -0.25) is 0 Å². The van der Waals surface area contributed by atoms with E-state index in [0.717, 1.165) is 18.6 Å². The molecule has 1 fully saturated rings. The maximum atomic E-state index is 6.38. The zero-order valence-electron chi connectivity index (χ0n) is 12.6. The molecule has 0 spiro atoms. The Morgan fingerprint density at radius 2 is 1.30 bits per heavy atom. The summed E-state index contributed by atoms with van der Waals surface area (Å²) in [5.41, 5.74) is 6.38. The minimum Gasteiger partial charge on any atom is -0.489 e. The van der Waals surface area contributed by atoms with Crippen LogP contribution in [0.4, 0.5) is 0 Å². The second-order valence-corrected chi connectivity index (χ2v) is 6.04. The number of ether oxygens (including phenoxy) is 1. The number of hydrogen-bond acceptors (Lipinski definition) is 2. The van der Waals surface area contributed by atoms with E-state index in [2.05, 4.69) is 0 Å². The summed E-state index contributed by atoms with van der Waals surface area (Å²) in [4.78, 5) is 0. The molecular formula is C18H29NO. The predicted molar refractivity (Wildman–Crippen MR) is 85.0 cm³/mol. The van der Waals surface area contributed by atoms with Crippen molar-refractivity contribution in [3.8, 4) is 5.75 Å². The molecule has 2 N–H and O–H groups in total. The van der Waals surface area contributed by atoms with E-state index in [9.17, 15) is 0 Å². The molecule has 2 nitrogen and oxygen atoms in total. The minimum absolute atomic E-state index is 0.176. The quantitative estimate of drug-likeness (QED) is 0.850. The molecule has 0 aliphatic heterocycles. The van der Waals surface area contributed by atoms with Gasteiger partial charge in [0, 0.05) is 6.04 Å². The smallest absolute Gasteiger partial charge is 0.119 e. The zero-order chi connectivity index (χ0) is 14.0.